The molecule has 148 valence electrons. The third kappa shape index (κ3) is 6.42. The zero-order valence-electron chi connectivity index (χ0n) is 17.2. The van der Waals surface area contributed by atoms with Crippen molar-refractivity contribution in [3.63, 3.8) is 0 Å². The molecule has 5 heteroatoms. The molecule has 0 unspecified atom stereocenters. The molecule has 1 aliphatic rings. The summed E-state index contributed by atoms with van der Waals surface area (Å²) >= 11 is 0. The number of carbonyl (C=O) groups excluding carboxylic acids is 1. The summed E-state index contributed by atoms with van der Waals surface area (Å²) < 4.78 is 0. The summed E-state index contributed by atoms with van der Waals surface area (Å²) in [5.74, 6) is 1.61. The fraction of sp³-hybridized carbons (Fsp3) is 0.810. The van der Waals surface area contributed by atoms with Crippen LogP contribution in [0.15, 0.2) is 6.20 Å². The first kappa shape index (κ1) is 20.9. The molecule has 1 aromatic rings. The molecule has 1 heterocycles. The molecule has 0 spiro atoms. The van der Waals surface area contributed by atoms with Gasteiger partial charge in [0.05, 0.1) is 6.20 Å². The normalized spacial score (nSPS) is 20.7. The van der Waals surface area contributed by atoms with Gasteiger partial charge in [-0.2, -0.15) is 5.10 Å². The van der Waals surface area contributed by atoms with Gasteiger partial charge in [-0.1, -0.05) is 27.2 Å². The van der Waals surface area contributed by atoms with E-state index in [1.165, 1.54) is 24.1 Å². The van der Waals surface area contributed by atoms with Crippen LogP contribution in [0.4, 0.5) is 0 Å². The van der Waals surface area contributed by atoms with Crippen molar-refractivity contribution in [2.75, 3.05) is 20.1 Å². The number of aromatic nitrogens is 2. The van der Waals surface area contributed by atoms with E-state index in [1.807, 2.05) is 6.20 Å². The fourth-order valence-electron chi connectivity index (χ4n) is 3.87. The first-order valence-corrected chi connectivity index (χ1v) is 10.5. The van der Waals surface area contributed by atoms with Gasteiger partial charge in [-0.15, -0.1) is 0 Å². The molecule has 2 rings (SSSR count). The van der Waals surface area contributed by atoms with E-state index < -0.39 is 0 Å². The average molecular weight is 363 g/mol. The lowest BCUT2D eigenvalue weighted by molar-refractivity contribution is -0.126. The number of rotatable bonds is 10. The Morgan fingerprint density at radius 2 is 2.08 bits per heavy atom. The summed E-state index contributed by atoms with van der Waals surface area (Å²) in [7, 11) is 2.19. The first-order chi connectivity index (χ1) is 12.5. The van der Waals surface area contributed by atoms with E-state index in [0.29, 0.717) is 11.8 Å². The Kier molecular flexibility index (Phi) is 8.63. The monoisotopic (exact) mass is 362 g/mol. The molecule has 0 atom stereocenters. The van der Waals surface area contributed by atoms with Crippen LogP contribution in [0.5, 0.6) is 0 Å². The molecule has 1 fully saturated rings. The van der Waals surface area contributed by atoms with Gasteiger partial charge in [0.25, 0.3) is 0 Å². The largest absolute Gasteiger partial charge is 0.356 e. The van der Waals surface area contributed by atoms with Crippen molar-refractivity contribution in [1.29, 1.82) is 0 Å². The molecular weight excluding hydrogens is 324 g/mol. The number of aromatic amines is 1. The van der Waals surface area contributed by atoms with Crippen LogP contribution in [0, 0.1) is 11.8 Å². The number of carbonyl (C=O) groups is 1. The second-order valence-electron chi connectivity index (χ2n) is 8.42. The molecule has 1 aliphatic carbocycles. The van der Waals surface area contributed by atoms with E-state index in [4.69, 9.17) is 0 Å². The molecule has 1 amide bonds. The Labute approximate surface area is 159 Å². The number of amides is 1. The highest BCUT2D eigenvalue weighted by Crippen LogP contribution is 2.36. The number of H-pyrrole nitrogens is 1. The van der Waals surface area contributed by atoms with Gasteiger partial charge < -0.3 is 10.2 Å². The van der Waals surface area contributed by atoms with Crippen LogP contribution >= 0.6 is 0 Å². The second-order valence-corrected chi connectivity index (χ2v) is 8.42. The minimum absolute atomic E-state index is 0.192. The maximum absolute atomic E-state index is 12.3. The molecule has 0 saturated heterocycles. The number of hydrogen-bond donors (Lipinski definition) is 2. The molecule has 0 bridgehead atoms. The number of hydrogen-bond acceptors (Lipinski definition) is 3. The maximum atomic E-state index is 12.3. The van der Waals surface area contributed by atoms with Gasteiger partial charge in [-0.3, -0.25) is 9.89 Å². The SMILES string of the molecule is CCCCN(C)Cc1cn[nH]c1C1CCC(C(=O)NCCC(C)C)CC1. The summed E-state index contributed by atoms with van der Waals surface area (Å²) in [6.45, 7) is 9.52. The van der Waals surface area contributed by atoms with Crippen LogP contribution in [0.25, 0.3) is 0 Å². The predicted molar refractivity (Wildman–Crippen MR) is 107 cm³/mol. The Hall–Kier alpha value is -1.36. The quantitative estimate of drug-likeness (QED) is 0.659. The molecule has 1 saturated carbocycles. The van der Waals surface area contributed by atoms with Gasteiger partial charge in [-0.25, -0.2) is 0 Å². The van der Waals surface area contributed by atoms with Gasteiger partial charge in [0.2, 0.25) is 5.91 Å². The van der Waals surface area contributed by atoms with E-state index in [1.54, 1.807) is 0 Å². The van der Waals surface area contributed by atoms with E-state index in [2.05, 4.69) is 48.2 Å². The van der Waals surface area contributed by atoms with E-state index in [9.17, 15) is 4.79 Å². The molecule has 0 aliphatic heterocycles. The minimum atomic E-state index is 0.192. The van der Waals surface area contributed by atoms with Gasteiger partial charge in [0, 0.05) is 36.2 Å². The van der Waals surface area contributed by atoms with Crippen LogP contribution < -0.4 is 5.32 Å². The minimum Gasteiger partial charge on any atom is -0.356 e. The lowest BCUT2D eigenvalue weighted by atomic mass is 9.79. The fourth-order valence-corrected chi connectivity index (χ4v) is 3.87. The van der Waals surface area contributed by atoms with Gasteiger partial charge in [0.1, 0.15) is 0 Å². The average Bonchev–Trinajstić information content (AvgIpc) is 3.07. The van der Waals surface area contributed by atoms with E-state index in [-0.39, 0.29) is 11.8 Å². The Bertz CT molecular complexity index is 532. The lowest BCUT2D eigenvalue weighted by Crippen LogP contribution is -2.34. The highest BCUT2D eigenvalue weighted by atomic mass is 16.1. The van der Waals surface area contributed by atoms with Gasteiger partial charge >= 0.3 is 0 Å². The van der Waals surface area contributed by atoms with Gasteiger partial charge in [0.15, 0.2) is 0 Å². The zero-order chi connectivity index (χ0) is 18.9. The number of nitrogens with zero attached hydrogens (tertiary/aromatic N) is 2. The molecule has 0 aromatic carbocycles. The molecular formula is C21H38N4O. The van der Waals surface area contributed by atoms with E-state index >= 15 is 0 Å². The van der Waals surface area contributed by atoms with Crippen LogP contribution in [-0.2, 0) is 11.3 Å². The van der Waals surface area contributed by atoms with Crippen molar-refractivity contribution < 1.29 is 4.79 Å². The molecule has 1 aromatic heterocycles. The van der Waals surface area contributed by atoms with Crippen molar-refractivity contribution in [3.05, 3.63) is 17.5 Å². The predicted octanol–water partition coefficient (Wildman–Crippen LogP) is 4.08. The summed E-state index contributed by atoms with van der Waals surface area (Å²) in [6.07, 6.45) is 9.65. The Morgan fingerprint density at radius 3 is 2.73 bits per heavy atom. The summed E-state index contributed by atoms with van der Waals surface area (Å²) in [5, 5.41) is 10.7. The van der Waals surface area contributed by atoms with E-state index in [0.717, 1.165) is 51.7 Å². The van der Waals surface area contributed by atoms with Crippen LogP contribution in [0.1, 0.15) is 82.9 Å². The first-order valence-electron chi connectivity index (χ1n) is 10.5. The van der Waals surface area contributed by atoms with Crippen molar-refractivity contribution in [1.82, 2.24) is 20.4 Å². The van der Waals surface area contributed by atoms with Crippen molar-refractivity contribution in [2.24, 2.45) is 11.8 Å². The summed E-state index contributed by atoms with van der Waals surface area (Å²) in [4.78, 5) is 14.7. The molecule has 26 heavy (non-hydrogen) atoms. The third-order valence-corrected chi connectivity index (χ3v) is 5.61. The Morgan fingerprint density at radius 1 is 1.35 bits per heavy atom. The van der Waals surface area contributed by atoms with Crippen LogP contribution in [0.3, 0.4) is 0 Å². The molecule has 2 N–H and O–H groups in total. The van der Waals surface area contributed by atoms with Crippen molar-refractivity contribution in [2.45, 2.75) is 78.2 Å². The lowest BCUT2D eigenvalue weighted by Gasteiger charge is -2.28. The third-order valence-electron chi connectivity index (χ3n) is 5.61. The summed E-state index contributed by atoms with van der Waals surface area (Å²) in [6, 6.07) is 0. The highest BCUT2D eigenvalue weighted by Gasteiger charge is 2.29. The van der Waals surface area contributed by atoms with Crippen molar-refractivity contribution >= 4 is 5.91 Å². The second kappa shape index (κ2) is 10.7. The summed E-state index contributed by atoms with van der Waals surface area (Å²) in [5.41, 5.74) is 2.63. The number of unbranched alkanes of at least 4 members (excludes halogenated alkanes) is 1. The van der Waals surface area contributed by atoms with Gasteiger partial charge in [-0.05, 0) is 58.0 Å². The smallest absolute Gasteiger partial charge is 0.223 e. The topological polar surface area (TPSA) is 61.0 Å². The highest BCUT2D eigenvalue weighted by molar-refractivity contribution is 5.78. The molecule has 5 nitrogen and oxygen atoms in total. The van der Waals surface area contributed by atoms with Crippen LogP contribution in [-0.4, -0.2) is 41.1 Å². The standard InChI is InChI=1S/C21H38N4O/c1-5-6-13-25(4)15-19-14-23-24-20(19)17-7-9-18(10-8-17)21(26)22-12-11-16(2)3/h14,16-18H,5-13,15H2,1-4H3,(H,22,26)(H,23,24). The molecule has 0 radical (unpaired) electrons. The van der Waals surface area contributed by atoms with Crippen LogP contribution in [0.2, 0.25) is 0 Å². The Balaban J connectivity index is 1.81. The van der Waals surface area contributed by atoms with Crippen molar-refractivity contribution in [3.8, 4) is 0 Å². The number of nitrogens with one attached hydrogen (secondary N) is 2. The zero-order valence-corrected chi connectivity index (χ0v) is 17.2. The maximum Gasteiger partial charge on any atom is 0.223 e.